The molecule has 0 aliphatic carbocycles. The molecule has 0 bridgehead atoms. The van der Waals surface area contributed by atoms with Gasteiger partial charge in [-0.15, -0.1) is 0 Å². The molecule has 0 spiro atoms. The van der Waals surface area contributed by atoms with Crippen molar-refractivity contribution >= 4 is 17.7 Å². The van der Waals surface area contributed by atoms with Gasteiger partial charge in [0, 0.05) is 24.9 Å². The topological polar surface area (TPSA) is 92.5 Å². The van der Waals surface area contributed by atoms with E-state index in [1.807, 2.05) is 20.8 Å². The van der Waals surface area contributed by atoms with Crippen molar-refractivity contribution in [1.82, 2.24) is 10.2 Å². The average Bonchev–Trinajstić information content (AvgIpc) is 2.90. The number of benzene rings is 1. The first kappa shape index (κ1) is 25.8. The normalized spacial score (nSPS) is 18.8. The highest BCUT2D eigenvalue weighted by atomic mass is 19.1. The molecular formula is C25H38FN3O3. The van der Waals surface area contributed by atoms with Gasteiger partial charge in [0.1, 0.15) is 11.9 Å². The second-order valence-corrected chi connectivity index (χ2v) is 9.33. The number of nitrogens with zero attached hydrogens (tertiary/aromatic N) is 1. The molecule has 6 nitrogen and oxygen atoms in total. The second-order valence-electron chi connectivity index (χ2n) is 9.33. The summed E-state index contributed by atoms with van der Waals surface area (Å²) < 4.78 is 13.2. The number of halogens is 1. The molecule has 1 saturated heterocycles. The van der Waals surface area contributed by atoms with Crippen LogP contribution >= 0.6 is 0 Å². The lowest BCUT2D eigenvalue weighted by atomic mass is 9.81. The Morgan fingerprint density at radius 2 is 1.88 bits per heavy atom. The number of rotatable bonds is 11. The molecule has 3 atom stereocenters. The fraction of sp³-hybridized carbons (Fsp3) is 0.640. The zero-order chi connectivity index (χ0) is 23.7. The fourth-order valence-corrected chi connectivity index (χ4v) is 4.41. The Labute approximate surface area is 191 Å². The van der Waals surface area contributed by atoms with Crippen LogP contribution in [-0.2, 0) is 20.9 Å². The number of carbonyl (C=O) groups excluding carboxylic acids is 3. The first-order valence-corrected chi connectivity index (χ1v) is 11.9. The number of nitrogens with two attached hydrogens (primary N) is 1. The minimum absolute atomic E-state index is 0.132. The summed E-state index contributed by atoms with van der Waals surface area (Å²) in [6.45, 7) is 7.04. The molecule has 0 radical (unpaired) electrons. The minimum atomic E-state index is -0.625. The summed E-state index contributed by atoms with van der Waals surface area (Å²) in [5.41, 5.74) is 6.52. The molecule has 32 heavy (non-hydrogen) atoms. The summed E-state index contributed by atoms with van der Waals surface area (Å²) in [4.78, 5) is 40.4. The Balaban J connectivity index is 2.14. The maximum Gasteiger partial charge on any atom is 0.245 e. The monoisotopic (exact) mass is 447 g/mol. The van der Waals surface area contributed by atoms with Crippen LogP contribution in [0, 0.1) is 23.6 Å². The van der Waals surface area contributed by atoms with Crippen molar-refractivity contribution in [3.05, 3.63) is 35.6 Å². The van der Waals surface area contributed by atoms with Crippen LogP contribution in [0.5, 0.6) is 0 Å². The van der Waals surface area contributed by atoms with Gasteiger partial charge in [0.2, 0.25) is 17.7 Å². The lowest BCUT2D eigenvalue weighted by Crippen LogP contribution is -2.50. The maximum atomic E-state index is 13.3. The number of amides is 3. The smallest absolute Gasteiger partial charge is 0.245 e. The van der Waals surface area contributed by atoms with E-state index in [0.717, 1.165) is 31.2 Å². The second kappa shape index (κ2) is 12.6. The summed E-state index contributed by atoms with van der Waals surface area (Å²) in [6, 6.07) is 5.48. The van der Waals surface area contributed by atoms with E-state index in [1.54, 1.807) is 17.0 Å². The predicted octanol–water partition coefficient (Wildman–Crippen LogP) is 3.78. The van der Waals surface area contributed by atoms with Crippen LogP contribution in [-0.4, -0.2) is 35.2 Å². The van der Waals surface area contributed by atoms with E-state index in [2.05, 4.69) is 5.32 Å². The molecule has 3 amide bonds. The summed E-state index contributed by atoms with van der Waals surface area (Å²) >= 11 is 0. The van der Waals surface area contributed by atoms with E-state index >= 15 is 0 Å². The maximum absolute atomic E-state index is 13.3. The van der Waals surface area contributed by atoms with Crippen LogP contribution in [0.3, 0.4) is 0 Å². The molecule has 2 rings (SSSR count). The fourth-order valence-electron chi connectivity index (χ4n) is 4.41. The summed E-state index contributed by atoms with van der Waals surface area (Å²) in [7, 11) is 0. The molecule has 1 fully saturated rings. The Bertz CT molecular complexity index is 766. The van der Waals surface area contributed by atoms with Gasteiger partial charge in [-0.05, 0) is 55.7 Å². The average molecular weight is 448 g/mol. The minimum Gasteiger partial charge on any atom is -0.369 e. The van der Waals surface area contributed by atoms with Gasteiger partial charge in [-0.25, -0.2) is 4.39 Å². The van der Waals surface area contributed by atoms with Gasteiger partial charge in [-0.1, -0.05) is 45.7 Å². The largest absolute Gasteiger partial charge is 0.369 e. The first-order valence-electron chi connectivity index (χ1n) is 11.9. The summed E-state index contributed by atoms with van der Waals surface area (Å²) in [5.74, 6) is -2.02. The number of carbonyl (C=O) groups is 3. The van der Waals surface area contributed by atoms with Crippen molar-refractivity contribution in [3.63, 3.8) is 0 Å². The van der Waals surface area contributed by atoms with Crippen LogP contribution in [0.1, 0.15) is 71.3 Å². The predicted molar refractivity (Wildman–Crippen MR) is 123 cm³/mol. The highest BCUT2D eigenvalue weighted by molar-refractivity contribution is 5.91. The molecule has 178 valence electrons. The first-order chi connectivity index (χ1) is 15.2. The molecule has 2 unspecified atom stereocenters. The third kappa shape index (κ3) is 7.61. The third-order valence-corrected chi connectivity index (χ3v) is 6.17. The third-order valence-electron chi connectivity index (χ3n) is 6.17. The highest BCUT2D eigenvalue weighted by Crippen LogP contribution is 2.26. The van der Waals surface area contributed by atoms with E-state index in [-0.39, 0.29) is 23.5 Å². The number of primary amides is 1. The SMILES string of the molecule is CCCCC(C(N)=O)C(CC(C)C)C(=O)N[C@H]1CCCCN(Cc2ccc(F)cc2)C1=O. The highest BCUT2D eigenvalue weighted by Gasteiger charge is 2.36. The number of hydrogen-bond acceptors (Lipinski definition) is 3. The van der Waals surface area contributed by atoms with Gasteiger partial charge in [-0.2, -0.15) is 0 Å². The van der Waals surface area contributed by atoms with Crippen molar-refractivity contribution in [2.75, 3.05) is 6.54 Å². The van der Waals surface area contributed by atoms with Crippen molar-refractivity contribution in [1.29, 1.82) is 0 Å². The van der Waals surface area contributed by atoms with Crippen LogP contribution in [0.15, 0.2) is 24.3 Å². The molecule has 7 heteroatoms. The van der Waals surface area contributed by atoms with Gasteiger partial charge >= 0.3 is 0 Å². The van der Waals surface area contributed by atoms with Gasteiger partial charge in [0.15, 0.2) is 0 Å². The van der Waals surface area contributed by atoms with Crippen molar-refractivity contribution in [3.8, 4) is 0 Å². The van der Waals surface area contributed by atoms with E-state index < -0.39 is 23.8 Å². The molecule has 0 aromatic heterocycles. The zero-order valence-corrected chi connectivity index (χ0v) is 19.6. The molecular weight excluding hydrogens is 409 g/mol. The van der Waals surface area contributed by atoms with Crippen LogP contribution < -0.4 is 11.1 Å². The quantitative estimate of drug-likeness (QED) is 0.541. The van der Waals surface area contributed by atoms with Gasteiger partial charge in [-0.3, -0.25) is 14.4 Å². The Hall–Kier alpha value is -2.44. The van der Waals surface area contributed by atoms with Crippen molar-refractivity contribution in [2.24, 2.45) is 23.5 Å². The van der Waals surface area contributed by atoms with Crippen LogP contribution in [0.2, 0.25) is 0 Å². The van der Waals surface area contributed by atoms with E-state index in [4.69, 9.17) is 5.73 Å². The Morgan fingerprint density at radius 1 is 1.19 bits per heavy atom. The van der Waals surface area contributed by atoms with Crippen LogP contribution in [0.25, 0.3) is 0 Å². The molecule has 0 saturated carbocycles. The number of nitrogens with one attached hydrogen (secondary N) is 1. The molecule has 1 aliphatic heterocycles. The van der Waals surface area contributed by atoms with Crippen molar-refractivity contribution < 1.29 is 18.8 Å². The zero-order valence-electron chi connectivity index (χ0n) is 19.6. The molecule has 3 N–H and O–H groups in total. The van der Waals surface area contributed by atoms with E-state index in [1.165, 1.54) is 12.1 Å². The molecule has 1 aromatic rings. The standard InChI is InChI=1S/C25H38FN3O3/c1-4-5-8-20(23(27)30)21(15-17(2)3)24(31)28-22-9-6-7-14-29(25(22)32)16-18-10-12-19(26)13-11-18/h10-13,17,20-22H,4-9,14-16H2,1-3H3,(H2,27,30)(H,28,31)/t20?,21?,22-/m0/s1. The van der Waals surface area contributed by atoms with Crippen molar-refractivity contribution in [2.45, 2.75) is 78.3 Å². The Kier molecular flexibility index (Phi) is 10.1. The lowest BCUT2D eigenvalue weighted by molar-refractivity contribution is -0.139. The van der Waals surface area contributed by atoms with Gasteiger partial charge in [0.25, 0.3) is 0 Å². The lowest BCUT2D eigenvalue weighted by Gasteiger charge is -2.29. The van der Waals surface area contributed by atoms with Gasteiger partial charge < -0.3 is 16.0 Å². The molecule has 1 aliphatic rings. The Morgan fingerprint density at radius 3 is 2.47 bits per heavy atom. The van der Waals surface area contributed by atoms with Gasteiger partial charge in [0.05, 0.1) is 0 Å². The van der Waals surface area contributed by atoms with E-state index in [9.17, 15) is 18.8 Å². The van der Waals surface area contributed by atoms with Crippen LogP contribution in [0.4, 0.5) is 4.39 Å². The summed E-state index contributed by atoms with van der Waals surface area (Å²) in [5, 5.41) is 2.95. The number of unbranched alkanes of at least 4 members (excludes halogenated alkanes) is 1. The molecule has 1 heterocycles. The number of hydrogen-bond donors (Lipinski definition) is 2. The summed E-state index contributed by atoms with van der Waals surface area (Å²) in [6.07, 6.45) is 5.09. The van der Waals surface area contributed by atoms with E-state index in [0.29, 0.717) is 32.4 Å². The molecule has 1 aromatic carbocycles. The number of likely N-dealkylation sites (tertiary alicyclic amines) is 1.